The first kappa shape index (κ1) is 19.1. The molecule has 1 heterocycles. The smallest absolute Gasteiger partial charge is 0.228 e. The Morgan fingerprint density at radius 2 is 1.26 bits per heavy atom. The van der Waals surface area contributed by atoms with Crippen LogP contribution in [0.1, 0.15) is 51.4 Å². The zero-order valence-electron chi connectivity index (χ0n) is 15.8. The average molecular weight is 364 g/mol. The number of nitrogens with one attached hydrogen (secondary N) is 1. The van der Waals surface area contributed by atoms with E-state index in [1.807, 2.05) is 54.6 Å². The number of nitrogens with zero attached hydrogens (tertiary/aromatic N) is 3. The van der Waals surface area contributed by atoms with E-state index in [0.717, 1.165) is 18.4 Å². The van der Waals surface area contributed by atoms with Gasteiger partial charge in [0.1, 0.15) is 0 Å². The maximum absolute atomic E-state index is 5.98. The Morgan fingerprint density at radius 3 is 1.89 bits per heavy atom. The number of anilines is 2. The quantitative estimate of drug-likeness (QED) is 0.787. The van der Waals surface area contributed by atoms with E-state index in [1.165, 1.54) is 38.5 Å². The Kier molecular flexibility index (Phi) is 7.39. The van der Waals surface area contributed by atoms with Gasteiger partial charge < -0.3 is 11.1 Å². The van der Waals surface area contributed by atoms with Crippen LogP contribution in [-0.2, 0) is 0 Å². The van der Waals surface area contributed by atoms with Crippen LogP contribution in [0.4, 0.5) is 11.9 Å². The maximum atomic E-state index is 5.98. The Hall–Kier alpha value is -2.69. The third-order valence-electron chi connectivity index (χ3n) is 4.82. The predicted molar refractivity (Wildman–Crippen MR) is 112 cm³/mol. The van der Waals surface area contributed by atoms with E-state index in [-0.39, 0.29) is 5.95 Å². The third kappa shape index (κ3) is 6.51. The van der Waals surface area contributed by atoms with Gasteiger partial charge in [-0.3, -0.25) is 0 Å². The van der Waals surface area contributed by atoms with Crippen LogP contribution in [0.25, 0.3) is 11.4 Å². The van der Waals surface area contributed by atoms with Crippen molar-refractivity contribution in [3.63, 3.8) is 0 Å². The molecule has 2 aromatic rings. The molecule has 27 heavy (non-hydrogen) atoms. The standard InChI is InChI=1S/C22H29N5/c23-21-25-20(18-14-10-6-2-1-3-7-11-15-18)26-22(27-21)24-19-16-12-8-4-5-9-13-17-19/h1-3,6-7,10-11,14-15,19H,4-5,8-9,12-13,16-17H2,(H3,23,24,25,26,27). The second-order valence-electron chi connectivity index (χ2n) is 7.02. The summed E-state index contributed by atoms with van der Waals surface area (Å²) in [6.07, 6.45) is 10.2. The predicted octanol–water partition coefficient (Wildman–Crippen LogP) is 5.16. The van der Waals surface area contributed by atoms with E-state index < -0.39 is 0 Å². The first-order chi connectivity index (χ1) is 13.3. The van der Waals surface area contributed by atoms with Crippen LogP contribution in [-0.4, -0.2) is 21.0 Å². The number of hydrogen-bond acceptors (Lipinski definition) is 5. The van der Waals surface area contributed by atoms with Crippen molar-refractivity contribution in [3.05, 3.63) is 54.6 Å². The summed E-state index contributed by atoms with van der Waals surface area (Å²) >= 11 is 0. The Labute approximate surface area is 161 Å². The normalized spacial score (nSPS) is 15.7. The highest BCUT2D eigenvalue weighted by molar-refractivity contribution is 5.56. The first-order valence-corrected chi connectivity index (χ1v) is 9.98. The third-order valence-corrected chi connectivity index (χ3v) is 4.82. The number of hydrogen-bond donors (Lipinski definition) is 2. The fourth-order valence-corrected chi connectivity index (χ4v) is 3.39. The van der Waals surface area contributed by atoms with Crippen molar-refractivity contribution in [3.8, 4) is 11.4 Å². The summed E-state index contributed by atoms with van der Waals surface area (Å²) in [6.45, 7) is 0. The van der Waals surface area contributed by atoms with E-state index in [1.54, 1.807) is 0 Å². The lowest BCUT2D eigenvalue weighted by atomic mass is 10.1. The van der Waals surface area contributed by atoms with Gasteiger partial charge >= 0.3 is 0 Å². The molecule has 0 spiro atoms. The van der Waals surface area contributed by atoms with Crippen LogP contribution in [0, 0.1) is 0 Å². The van der Waals surface area contributed by atoms with Gasteiger partial charge in [-0.25, -0.2) is 0 Å². The summed E-state index contributed by atoms with van der Waals surface area (Å²) in [5.74, 6) is 1.41. The summed E-state index contributed by atoms with van der Waals surface area (Å²) in [7, 11) is 0. The summed E-state index contributed by atoms with van der Waals surface area (Å²) in [4.78, 5) is 13.3. The zero-order chi connectivity index (χ0) is 18.7. The number of rotatable bonds is 3. The summed E-state index contributed by atoms with van der Waals surface area (Å²) < 4.78 is 0. The van der Waals surface area contributed by atoms with Crippen molar-refractivity contribution in [2.45, 2.75) is 57.4 Å². The highest BCUT2D eigenvalue weighted by Crippen LogP contribution is 2.21. The second kappa shape index (κ2) is 10.5. The fraction of sp³-hybridized carbons (Fsp3) is 0.409. The van der Waals surface area contributed by atoms with Gasteiger partial charge in [0.2, 0.25) is 11.9 Å². The number of nitrogen functional groups attached to an aromatic ring is 1. The molecule has 1 aromatic carbocycles. The minimum absolute atomic E-state index is 0.247. The Morgan fingerprint density at radius 1 is 0.704 bits per heavy atom. The minimum Gasteiger partial charge on any atom is -0.368 e. The molecule has 0 saturated heterocycles. The van der Waals surface area contributed by atoms with Gasteiger partial charge in [0.25, 0.3) is 0 Å². The van der Waals surface area contributed by atoms with Crippen LogP contribution < -0.4 is 11.1 Å². The van der Waals surface area contributed by atoms with Gasteiger partial charge in [-0.1, -0.05) is 93.1 Å². The molecular formula is C22H29N5. The van der Waals surface area contributed by atoms with Gasteiger partial charge in [0.15, 0.2) is 5.82 Å². The van der Waals surface area contributed by atoms with Crippen molar-refractivity contribution in [1.82, 2.24) is 15.0 Å². The van der Waals surface area contributed by atoms with Crippen LogP contribution >= 0.6 is 0 Å². The largest absolute Gasteiger partial charge is 0.368 e. The molecule has 1 aliphatic rings. The molecular weight excluding hydrogens is 334 g/mol. The lowest BCUT2D eigenvalue weighted by Crippen LogP contribution is -2.21. The molecule has 142 valence electrons. The van der Waals surface area contributed by atoms with Crippen molar-refractivity contribution >= 4 is 11.9 Å². The number of aromatic nitrogens is 3. The van der Waals surface area contributed by atoms with Crippen LogP contribution in [0.5, 0.6) is 0 Å². The molecule has 0 atom stereocenters. The highest BCUT2D eigenvalue weighted by atomic mass is 15.2. The highest BCUT2D eigenvalue weighted by Gasteiger charge is 2.13. The molecule has 1 fully saturated rings. The molecule has 1 aromatic heterocycles. The van der Waals surface area contributed by atoms with Crippen molar-refractivity contribution < 1.29 is 0 Å². The first-order valence-electron chi connectivity index (χ1n) is 9.98. The SMILES string of the molecule is Nc1nc(NC2CCCCCCCC2)nc(-c2ccccccccc2)n1. The van der Waals surface area contributed by atoms with Gasteiger partial charge in [-0.2, -0.15) is 15.0 Å². The molecule has 3 N–H and O–H groups in total. The molecule has 1 saturated carbocycles. The lowest BCUT2D eigenvalue weighted by molar-refractivity contribution is 0.559. The van der Waals surface area contributed by atoms with Crippen molar-refractivity contribution in [2.24, 2.45) is 0 Å². The summed E-state index contributed by atoms with van der Waals surface area (Å²) in [5.41, 5.74) is 6.88. The van der Waals surface area contributed by atoms with Gasteiger partial charge in [-0.05, 0) is 12.8 Å². The minimum atomic E-state index is 0.247. The molecule has 0 aliphatic heterocycles. The monoisotopic (exact) mass is 363 g/mol. The molecule has 5 heteroatoms. The lowest BCUT2D eigenvalue weighted by Gasteiger charge is -2.18. The summed E-state index contributed by atoms with van der Waals surface area (Å²) in [6, 6.07) is 18.2. The molecule has 1 aliphatic carbocycles. The van der Waals surface area contributed by atoms with E-state index in [0.29, 0.717) is 17.8 Å². The zero-order valence-corrected chi connectivity index (χ0v) is 15.8. The second-order valence-corrected chi connectivity index (χ2v) is 7.02. The molecule has 5 nitrogen and oxygen atoms in total. The summed E-state index contributed by atoms with van der Waals surface area (Å²) in [5, 5.41) is 3.51. The topological polar surface area (TPSA) is 76.7 Å². The number of nitrogens with two attached hydrogens (primary N) is 1. The van der Waals surface area contributed by atoms with Gasteiger partial charge in [-0.15, -0.1) is 0 Å². The van der Waals surface area contributed by atoms with Gasteiger partial charge in [0, 0.05) is 11.6 Å². The molecule has 0 bridgehead atoms. The fourth-order valence-electron chi connectivity index (χ4n) is 3.39. The molecule has 0 unspecified atom stereocenters. The molecule has 0 radical (unpaired) electrons. The van der Waals surface area contributed by atoms with E-state index in [2.05, 4.69) is 20.3 Å². The van der Waals surface area contributed by atoms with Crippen LogP contribution in [0.2, 0.25) is 0 Å². The van der Waals surface area contributed by atoms with Crippen LogP contribution in [0.15, 0.2) is 54.6 Å². The average Bonchev–Trinajstić information content (AvgIpc) is 2.79. The van der Waals surface area contributed by atoms with Crippen molar-refractivity contribution in [1.29, 1.82) is 0 Å². The van der Waals surface area contributed by atoms with Crippen LogP contribution in [0.3, 0.4) is 0 Å². The van der Waals surface area contributed by atoms with E-state index in [9.17, 15) is 0 Å². The maximum Gasteiger partial charge on any atom is 0.228 e. The molecule has 0 amide bonds. The van der Waals surface area contributed by atoms with Gasteiger partial charge in [0.05, 0.1) is 0 Å². The molecule has 3 rings (SSSR count). The van der Waals surface area contributed by atoms with E-state index >= 15 is 0 Å². The van der Waals surface area contributed by atoms with Crippen molar-refractivity contribution in [2.75, 3.05) is 11.1 Å². The Bertz CT molecular complexity index is 741. The van der Waals surface area contributed by atoms with E-state index in [4.69, 9.17) is 5.73 Å². The Balaban J connectivity index is 1.83.